The third-order valence-corrected chi connectivity index (χ3v) is 6.25. The van der Waals surface area contributed by atoms with Crippen LogP contribution < -0.4 is 4.90 Å². The van der Waals surface area contributed by atoms with E-state index in [0.717, 1.165) is 62.1 Å². The van der Waals surface area contributed by atoms with Gasteiger partial charge in [0.1, 0.15) is 11.9 Å². The number of carbonyl (C=O) groups excluding carboxylic acids is 1. The Bertz CT molecular complexity index is 901. The van der Waals surface area contributed by atoms with Gasteiger partial charge in [-0.2, -0.15) is 0 Å². The number of aromatic nitrogens is 2. The van der Waals surface area contributed by atoms with Crippen molar-refractivity contribution in [3.8, 4) is 11.4 Å². The predicted molar refractivity (Wildman–Crippen MR) is 104 cm³/mol. The quantitative estimate of drug-likeness (QED) is 0.738. The molecule has 0 bridgehead atoms. The van der Waals surface area contributed by atoms with Gasteiger partial charge in [0, 0.05) is 28.4 Å². The Morgan fingerprint density at radius 1 is 1.15 bits per heavy atom. The first-order valence-corrected chi connectivity index (χ1v) is 10.2. The number of cyclic esters (lactones) is 1. The van der Waals surface area contributed by atoms with E-state index in [-0.39, 0.29) is 12.0 Å². The van der Waals surface area contributed by atoms with E-state index < -0.39 is 0 Å². The number of fused-ring (bicyclic) bond motifs is 2. The average Bonchev–Trinajstić information content (AvgIpc) is 3.12. The summed E-state index contributed by atoms with van der Waals surface area (Å²) in [7, 11) is 0. The molecule has 1 aromatic heterocycles. The van der Waals surface area contributed by atoms with E-state index in [4.69, 9.17) is 26.3 Å². The first kappa shape index (κ1) is 17.0. The number of anilines is 1. The fraction of sp³-hybridized carbons (Fsp3) is 0.476. The van der Waals surface area contributed by atoms with E-state index in [1.54, 1.807) is 0 Å². The normalized spacial score (nSPS) is 24.3. The number of hydrogen-bond acceptors (Lipinski definition) is 5. The SMILES string of the molecule is O=C1OCC[C@@H]2CCN(c3nc(-c4cccc(Cl)c4)nc4c3CCCC4)[C@H]12. The summed E-state index contributed by atoms with van der Waals surface area (Å²) in [4.78, 5) is 24.5. The van der Waals surface area contributed by atoms with Crippen molar-refractivity contribution in [2.45, 2.75) is 44.6 Å². The van der Waals surface area contributed by atoms with Gasteiger partial charge in [-0.3, -0.25) is 0 Å². The van der Waals surface area contributed by atoms with Crippen molar-refractivity contribution in [1.29, 1.82) is 0 Å². The van der Waals surface area contributed by atoms with Gasteiger partial charge in [-0.15, -0.1) is 0 Å². The van der Waals surface area contributed by atoms with Gasteiger partial charge >= 0.3 is 5.97 Å². The van der Waals surface area contributed by atoms with Crippen LogP contribution >= 0.6 is 11.6 Å². The van der Waals surface area contributed by atoms with Crippen molar-refractivity contribution in [3.63, 3.8) is 0 Å². The first-order valence-electron chi connectivity index (χ1n) is 9.80. The highest BCUT2D eigenvalue weighted by molar-refractivity contribution is 6.30. The molecule has 2 atom stereocenters. The third kappa shape index (κ3) is 2.98. The minimum Gasteiger partial charge on any atom is -0.464 e. The van der Waals surface area contributed by atoms with E-state index in [9.17, 15) is 4.79 Å². The monoisotopic (exact) mass is 383 g/mol. The Hall–Kier alpha value is -2.14. The number of esters is 1. The molecule has 0 amide bonds. The predicted octanol–water partition coefficient (Wildman–Crippen LogP) is 3.82. The first-order chi connectivity index (χ1) is 13.2. The molecule has 1 aliphatic carbocycles. The van der Waals surface area contributed by atoms with Gasteiger partial charge in [-0.05, 0) is 56.6 Å². The van der Waals surface area contributed by atoms with Gasteiger partial charge in [-0.1, -0.05) is 23.7 Å². The zero-order chi connectivity index (χ0) is 18.4. The Kier molecular flexibility index (Phi) is 4.27. The van der Waals surface area contributed by atoms with Crippen LogP contribution in [0.3, 0.4) is 0 Å². The molecule has 0 radical (unpaired) electrons. The fourth-order valence-electron chi connectivity index (χ4n) is 4.68. The number of rotatable bonds is 2. The lowest BCUT2D eigenvalue weighted by atomic mass is 9.93. The number of benzene rings is 1. The topological polar surface area (TPSA) is 55.3 Å². The molecule has 2 fully saturated rings. The minimum absolute atomic E-state index is 0.101. The highest BCUT2D eigenvalue weighted by Crippen LogP contribution is 2.38. The van der Waals surface area contributed by atoms with E-state index >= 15 is 0 Å². The van der Waals surface area contributed by atoms with Crippen LogP contribution in [0.1, 0.15) is 36.9 Å². The summed E-state index contributed by atoms with van der Waals surface area (Å²) >= 11 is 6.19. The van der Waals surface area contributed by atoms with E-state index in [1.807, 2.05) is 24.3 Å². The second kappa shape index (κ2) is 6.79. The van der Waals surface area contributed by atoms with Crippen molar-refractivity contribution in [2.24, 2.45) is 5.92 Å². The second-order valence-electron chi connectivity index (χ2n) is 7.66. The van der Waals surface area contributed by atoms with Gasteiger partial charge < -0.3 is 9.64 Å². The summed E-state index contributed by atoms with van der Waals surface area (Å²) in [5.41, 5.74) is 3.25. The van der Waals surface area contributed by atoms with Crippen LogP contribution in [0.5, 0.6) is 0 Å². The molecule has 2 saturated heterocycles. The van der Waals surface area contributed by atoms with Gasteiger partial charge in [0.25, 0.3) is 0 Å². The maximum atomic E-state index is 12.5. The lowest BCUT2D eigenvalue weighted by Gasteiger charge is -2.33. The van der Waals surface area contributed by atoms with Crippen LogP contribution in [0, 0.1) is 5.92 Å². The number of nitrogens with zero attached hydrogens (tertiary/aromatic N) is 3. The molecule has 1 aromatic carbocycles. The van der Waals surface area contributed by atoms with Crippen LogP contribution in [0.2, 0.25) is 5.02 Å². The number of ether oxygens (including phenoxy) is 1. The number of carbonyl (C=O) groups is 1. The van der Waals surface area contributed by atoms with Crippen molar-refractivity contribution < 1.29 is 9.53 Å². The summed E-state index contributed by atoms with van der Waals surface area (Å²) in [5.74, 6) is 1.90. The molecule has 140 valence electrons. The van der Waals surface area contributed by atoms with Crippen molar-refractivity contribution in [2.75, 3.05) is 18.1 Å². The molecule has 27 heavy (non-hydrogen) atoms. The zero-order valence-electron chi connectivity index (χ0n) is 15.2. The van der Waals surface area contributed by atoms with Crippen molar-refractivity contribution in [1.82, 2.24) is 9.97 Å². The maximum absolute atomic E-state index is 12.5. The third-order valence-electron chi connectivity index (χ3n) is 6.01. The van der Waals surface area contributed by atoms with Gasteiger partial charge in [-0.25, -0.2) is 14.8 Å². The molecule has 6 heteroatoms. The summed E-state index contributed by atoms with van der Waals surface area (Å²) in [6.07, 6.45) is 6.19. The highest BCUT2D eigenvalue weighted by Gasteiger charge is 2.44. The van der Waals surface area contributed by atoms with Crippen LogP contribution in [0.15, 0.2) is 24.3 Å². The lowest BCUT2D eigenvalue weighted by molar-refractivity contribution is -0.150. The average molecular weight is 384 g/mol. The van der Waals surface area contributed by atoms with E-state index in [2.05, 4.69) is 4.90 Å². The standard InChI is InChI=1S/C21H22ClN3O2/c22-15-5-3-4-14(12-15)19-23-17-7-2-1-6-16(17)20(24-19)25-10-8-13-9-11-27-21(26)18(13)25/h3-5,12-13,18H,1-2,6-11H2/t13-,18-/m0/s1. The molecular formula is C21H22ClN3O2. The smallest absolute Gasteiger partial charge is 0.329 e. The molecule has 2 aromatic rings. The maximum Gasteiger partial charge on any atom is 0.329 e. The van der Waals surface area contributed by atoms with Gasteiger partial charge in [0.05, 0.1) is 6.61 Å². The summed E-state index contributed by atoms with van der Waals surface area (Å²) in [6, 6.07) is 7.46. The lowest BCUT2D eigenvalue weighted by Crippen LogP contribution is -2.45. The summed E-state index contributed by atoms with van der Waals surface area (Å²) in [5, 5.41) is 0.674. The number of halogens is 1. The number of hydrogen-bond donors (Lipinski definition) is 0. The van der Waals surface area contributed by atoms with E-state index in [1.165, 1.54) is 5.56 Å². The van der Waals surface area contributed by atoms with Crippen LogP contribution in [-0.4, -0.2) is 35.1 Å². The van der Waals surface area contributed by atoms with Gasteiger partial charge in [0.2, 0.25) is 0 Å². The second-order valence-corrected chi connectivity index (χ2v) is 8.09. The van der Waals surface area contributed by atoms with Crippen LogP contribution in [0.25, 0.3) is 11.4 Å². The molecule has 0 saturated carbocycles. The molecule has 0 N–H and O–H groups in total. The zero-order valence-corrected chi connectivity index (χ0v) is 15.9. The van der Waals surface area contributed by atoms with Gasteiger partial charge in [0.15, 0.2) is 5.82 Å². The minimum atomic E-state index is -0.202. The largest absolute Gasteiger partial charge is 0.464 e. The summed E-state index contributed by atoms with van der Waals surface area (Å²) < 4.78 is 5.38. The van der Waals surface area contributed by atoms with Crippen LogP contribution in [0.4, 0.5) is 5.82 Å². The Labute approximate surface area is 163 Å². The molecule has 3 heterocycles. The number of aryl methyl sites for hydroxylation is 1. The van der Waals surface area contributed by atoms with Crippen LogP contribution in [-0.2, 0) is 22.4 Å². The molecule has 2 aliphatic heterocycles. The molecule has 0 spiro atoms. The molecule has 3 aliphatic rings. The Morgan fingerprint density at radius 2 is 2.04 bits per heavy atom. The highest BCUT2D eigenvalue weighted by atomic mass is 35.5. The Morgan fingerprint density at radius 3 is 2.93 bits per heavy atom. The Balaban J connectivity index is 1.62. The van der Waals surface area contributed by atoms with Crippen molar-refractivity contribution in [3.05, 3.63) is 40.5 Å². The molecule has 0 unspecified atom stereocenters. The summed E-state index contributed by atoms with van der Waals surface area (Å²) in [6.45, 7) is 1.40. The fourth-order valence-corrected chi connectivity index (χ4v) is 4.87. The molecular weight excluding hydrogens is 362 g/mol. The van der Waals surface area contributed by atoms with Crippen molar-refractivity contribution >= 4 is 23.4 Å². The molecule has 5 nitrogen and oxygen atoms in total. The molecule has 5 rings (SSSR count). The van der Waals surface area contributed by atoms with E-state index in [0.29, 0.717) is 23.4 Å².